The van der Waals surface area contributed by atoms with Gasteiger partial charge >= 0.3 is 0 Å². The normalized spacial score (nSPS) is 32.1. The highest BCUT2D eigenvalue weighted by atomic mass is 16.2. The van der Waals surface area contributed by atoms with Crippen molar-refractivity contribution in [2.45, 2.75) is 32.7 Å². The van der Waals surface area contributed by atoms with Crippen molar-refractivity contribution >= 4 is 5.91 Å². The van der Waals surface area contributed by atoms with Gasteiger partial charge < -0.3 is 10.2 Å². The minimum Gasteiger partial charge on any atom is -0.339 e. The molecule has 2 heterocycles. The molecule has 1 amide bonds. The van der Waals surface area contributed by atoms with E-state index >= 15 is 0 Å². The SMILES string of the molecule is CC(C)C(=O)N1CC[C@H]2CNCC[C@H]21. The molecule has 0 radical (unpaired) electrons. The maximum Gasteiger partial charge on any atom is 0.225 e. The van der Waals surface area contributed by atoms with Crippen LogP contribution in [0, 0.1) is 11.8 Å². The summed E-state index contributed by atoms with van der Waals surface area (Å²) in [6.45, 7) is 7.15. The number of likely N-dealkylation sites (tertiary alicyclic amines) is 1. The summed E-state index contributed by atoms with van der Waals surface area (Å²) < 4.78 is 0. The van der Waals surface area contributed by atoms with Gasteiger partial charge in [-0.1, -0.05) is 13.8 Å². The molecule has 80 valence electrons. The Hall–Kier alpha value is -0.570. The molecule has 3 nitrogen and oxygen atoms in total. The van der Waals surface area contributed by atoms with Crippen LogP contribution in [0.25, 0.3) is 0 Å². The van der Waals surface area contributed by atoms with E-state index in [1.165, 1.54) is 6.42 Å². The van der Waals surface area contributed by atoms with Gasteiger partial charge in [-0.3, -0.25) is 4.79 Å². The fraction of sp³-hybridized carbons (Fsp3) is 0.909. The molecule has 2 aliphatic heterocycles. The maximum absolute atomic E-state index is 11.9. The molecule has 14 heavy (non-hydrogen) atoms. The molecule has 0 bridgehead atoms. The summed E-state index contributed by atoms with van der Waals surface area (Å²) in [7, 11) is 0. The highest BCUT2D eigenvalue weighted by Crippen LogP contribution is 2.29. The summed E-state index contributed by atoms with van der Waals surface area (Å²) in [6, 6.07) is 0.533. The summed E-state index contributed by atoms with van der Waals surface area (Å²) in [5.41, 5.74) is 0. The van der Waals surface area contributed by atoms with Gasteiger partial charge in [-0.05, 0) is 31.8 Å². The molecular formula is C11H20N2O. The van der Waals surface area contributed by atoms with E-state index in [1.54, 1.807) is 0 Å². The van der Waals surface area contributed by atoms with E-state index in [1.807, 2.05) is 13.8 Å². The Balaban J connectivity index is 2.03. The van der Waals surface area contributed by atoms with E-state index in [0.29, 0.717) is 17.9 Å². The molecular weight excluding hydrogens is 176 g/mol. The molecule has 2 atom stereocenters. The number of piperidine rings is 1. The van der Waals surface area contributed by atoms with E-state index in [0.717, 1.165) is 26.1 Å². The fourth-order valence-corrected chi connectivity index (χ4v) is 2.69. The molecule has 0 aromatic rings. The van der Waals surface area contributed by atoms with Gasteiger partial charge in [0.25, 0.3) is 0 Å². The maximum atomic E-state index is 11.9. The van der Waals surface area contributed by atoms with Gasteiger partial charge in [0.2, 0.25) is 5.91 Å². The third kappa shape index (κ3) is 1.65. The second kappa shape index (κ2) is 3.89. The molecule has 0 aromatic heterocycles. The molecule has 2 saturated heterocycles. The summed E-state index contributed by atoms with van der Waals surface area (Å²) in [6.07, 6.45) is 2.33. The van der Waals surface area contributed by atoms with Gasteiger partial charge in [0, 0.05) is 18.5 Å². The third-order valence-electron chi connectivity index (χ3n) is 3.49. The molecule has 0 aliphatic carbocycles. The van der Waals surface area contributed by atoms with Crippen molar-refractivity contribution < 1.29 is 4.79 Å². The number of nitrogens with one attached hydrogen (secondary N) is 1. The first-order valence-electron chi connectivity index (χ1n) is 5.71. The van der Waals surface area contributed by atoms with E-state index in [-0.39, 0.29) is 5.92 Å². The van der Waals surface area contributed by atoms with Crippen molar-refractivity contribution in [2.24, 2.45) is 11.8 Å². The van der Waals surface area contributed by atoms with Gasteiger partial charge in [0.15, 0.2) is 0 Å². The first-order chi connectivity index (χ1) is 6.70. The molecule has 2 rings (SSSR count). The van der Waals surface area contributed by atoms with Crippen molar-refractivity contribution in [1.29, 1.82) is 0 Å². The van der Waals surface area contributed by atoms with Crippen molar-refractivity contribution in [1.82, 2.24) is 10.2 Å². The van der Waals surface area contributed by atoms with Gasteiger partial charge in [0.1, 0.15) is 0 Å². The summed E-state index contributed by atoms with van der Waals surface area (Å²) in [5, 5.41) is 3.41. The number of hydrogen-bond donors (Lipinski definition) is 1. The number of nitrogens with zero attached hydrogens (tertiary/aromatic N) is 1. The van der Waals surface area contributed by atoms with Gasteiger partial charge in [-0.25, -0.2) is 0 Å². The number of hydrogen-bond acceptors (Lipinski definition) is 2. The molecule has 3 heteroatoms. The molecule has 0 spiro atoms. The number of fused-ring (bicyclic) bond motifs is 1. The molecule has 0 saturated carbocycles. The number of rotatable bonds is 1. The lowest BCUT2D eigenvalue weighted by Crippen LogP contribution is -2.46. The molecule has 2 aliphatic rings. The smallest absolute Gasteiger partial charge is 0.225 e. The zero-order valence-electron chi connectivity index (χ0n) is 9.12. The first-order valence-corrected chi connectivity index (χ1v) is 5.71. The fourth-order valence-electron chi connectivity index (χ4n) is 2.69. The van der Waals surface area contributed by atoms with Crippen LogP contribution in [0.5, 0.6) is 0 Å². The number of carbonyl (C=O) groups excluding carboxylic acids is 1. The molecule has 0 aromatic carbocycles. The Morgan fingerprint density at radius 3 is 2.93 bits per heavy atom. The highest BCUT2D eigenvalue weighted by molar-refractivity contribution is 5.78. The monoisotopic (exact) mass is 196 g/mol. The Morgan fingerprint density at radius 1 is 1.43 bits per heavy atom. The highest BCUT2D eigenvalue weighted by Gasteiger charge is 2.38. The third-order valence-corrected chi connectivity index (χ3v) is 3.49. The van der Waals surface area contributed by atoms with Gasteiger partial charge in [-0.15, -0.1) is 0 Å². The average Bonchev–Trinajstić information content (AvgIpc) is 2.60. The Morgan fingerprint density at radius 2 is 2.21 bits per heavy atom. The van der Waals surface area contributed by atoms with Crippen molar-refractivity contribution in [3.8, 4) is 0 Å². The van der Waals surface area contributed by atoms with Gasteiger partial charge in [0.05, 0.1) is 0 Å². The summed E-state index contributed by atoms with van der Waals surface area (Å²) >= 11 is 0. The van der Waals surface area contributed by atoms with Gasteiger partial charge in [-0.2, -0.15) is 0 Å². The lowest BCUT2D eigenvalue weighted by Gasteiger charge is -2.33. The predicted molar refractivity (Wildman–Crippen MR) is 55.9 cm³/mol. The second-order valence-corrected chi connectivity index (χ2v) is 4.80. The number of amides is 1. The Bertz CT molecular complexity index is 227. The van der Waals surface area contributed by atoms with Crippen LogP contribution in [0.4, 0.5) is 0 Å². The Labute approximate surface area is 85.8 Å². The van der Waals surface area contributed by atoms with Crippen molar-refractivity contribution in [3.63, 3.8) is 0 Å². The zero-order valence-corrected chi connectivity index (χ0v) is 9.12. The number of carbonyl (C=O) groups is 1. The largest absolute Gasteiger partial charge is 0.339 e. The molecule has 1 N–H and O–H groups in total. The van der Waals surface area contributed by atoms with Crippen molar-refractivity contribution in [3.05, 3.63) is 0 Å². The van der Waals surface area contributed by atoms with Crippen molar-refractivity contribution in [2.75, 3.05) is 19.6 Å². The second-order valence-electron chi connectivity index (χ2n) is 4.80. The minimum absolute atomic E-state index is 0.156. The van der Waals surface area contributed by atoms with E-state index in [2.05, 4.69) is 10.2 Å². The summed E-state index contributed by atoms with van der Waals surface area (Å²) in [4.78, 5) is 14.0. The summed E-state index contributed by atoms with van der Waals surface area (Å²) in [5.74, 6) is 1.22. The van der Waals surface area contributed by atoms with E-state index < -0.39 is 0 Å². The molecule has 2 fully saturated rings. The van der Waals surface area contributed by atoms with Crippen LogP contribution in [0.15, 0.2) is 0 Å². The Kier molecular flexibility index (Phi) is 2.77. The molecule has 0 unspecified atom stereocenters. The van der Waals surface area contributed by atoms with Crippen LogP contribution in [0.3, 0.4) is 0 Å². The lowest BCUT2D eigenvalue weighted by atomic mass is 9.94. The van der Waals surface area contributed by atoms with Crippen LogP contribution in [-0.4, -0.2) is 36.5 Å². The van der Waals surface area contributed by atoms with Crippen LogP contribution in [0.1, 0.15) is 26.7 Å². The van der Waals surface area contributed by atoms with Crippen LogP contribution in [-0.2, 0) is 4.79 Å². The average molecular weight is 196 g/mol. The lowest BCUT2D eigenvalue weighted by molar-refractivity contribution is -0.135. The first kappa shape index (κ1) is 9.97. The quantitative estimate of drug-likeness (QED) is 0.674. The minimum atomic E-state index is 0.156. The van der Waals surface area contributed by atoms with Crippen LogP contribution >= 0.6 is 0 Å². The van der Waals surface area contributed by atoms with E-state index in [4.69, 9.17) is 0 Å². The topological polar surface area (TPSA) is 32.3 Å². The standard InChI is InChI=1S/C11H20N2O/c1-8(2)11(14)13-6-4-9-7-12-5-3-10(9)13/h8-10,12H,3-7H2,1-2H3/t9-,10+/m0/s1. The van der Waals surface area contributed by atoms with Crippen LogP contribution in [0.2, 0.25) is 0 Å². The predicted octanol–water partition coefficient (Wildman–Crippen LogP) is 0.853. The zero-order chi connectivity index (χ0) is 10.1. The van der Waals surface area contributed by atoms with Crippen LogP contribution < -0.4 is 5.32 Å². The van der Waals surface area contributed by atoms with E-state index in [9.17, 15) is 4.79 Å².